The number of rotatable bonds is 6. The van der Waals surface area contributed by atoms with Crippen molar-refractivity contribution in [3.8, 4) is 0 Å². The normalized spacial score (nSPS) is 11.4. The van der Waals surface area contributed by atoms with Gasteiger partial charge in [-0.1, -0.05) is 12.1 Å². The highest BCUT2D eigenvalue weighted by Crippen LogP contribution is 2.11. The molecule has 3 nitrogen and oxygen atoms in total. The van der Waals surface area contributed by atoms with Crippen LogP contribution >= 0.6 is 0 Å². The fourth-order valence-corrected chi connectivity index (χ4v) is 1.38. The van der Waals surface area contributed by atoms with E-state index in [1.165, 1.54) is 12.1 Å². The van der Waals surface area contributed by atoms with Gasteiger partial charge in [-0.25, -0.2) is 4.39 Å². The SMILES string of the molecule is O=C(CNCC(F)(F)F)NCCc1ccc(F)cc1. The van der Waals surface area contributed by atoms with Crippen molar-refractivity contribution in [1.29, 1.82) is 0 Å². The second-order valence-corrected chi connectivity index (χ2v) is 3.95. The van der Waals surface area contributed by atoms with E-state index in [0.29, 0.717) is 6.42 Å². The molecule has 0 saturated carbocycles. The van der Waals surface area contributed by atoms with Gasteiger partial charge in [0.05, 0.1) is 13.1 Å². The summed E-state index contributed by atoms with van der Waals surface area (Å²) in [6, 6.07) is 5.79. The molecule has 0 aliphatic rings. The predicted molar refractivity (Wildman–Crippen MR) is 62.0 cm³/mol. The predicted octanol–water partition coefficient (Wildman–Crippen LogP) is 1.64. The third kappa shape index (κ3) is 7.40. The van der Waals surface area contributed by atoms with Crippen LogP contribution in [0.4, 0.5) is 17.6 Å². The van der Waals surface area contributed by atoms with Gasteiger partial charge in [-0.3, -0.25) is 4.79 Å². The van der Waals surface area contributed by atoms with Crippen LogP contribution in [-0.4, -0.2) is 31.7 Å². The van der Waals surface area contributed by atoms with E-state index < -0.39 is 18.6 Å². The first-order valence-corrected chi connectivity index (χ1v) is 5.65. The van der Waals surface area contributed by atoms with Gasteiger partial charge in [-0.05, 0) is 24.1 Å². The number of hydrogen-bond acceptors (Lipinski definition) is 2. The Balaban J connectivity index is 2.15. The zero-order valence-electron chi connectivity index (χ0n) is 10.1. The lowest BCUT2D eigenvalue weighted by Crippen LogP contribution is -2.38. The van der Waals surface area contributed by atoms with Crippen LogP contribution in [0.25, 0.3) is 0 Å². The van der Waals surface area contributed by atoms with E-state index in [1.807, 2.05) is 5.32 Å². The van der Waals surface area contributed by atoms with Crippen LogP contribution in [0, 0.1) is 5.82 Å². The zero-order valence-corrected chi connectivity index (χ0v) is 10.1. The maximum absolute atomic E-state index is 12.6. The molecule has 0 saturated heterocycles. The molecular weight excluding hydrogens is 264 g/mol. The van der Waals surface area contributed by atoms with Gasteiger partial charge in [0.1, 0.15) is 5.82 Å². The summed E-state index contributed by atoms with van der Waals surface area (Å²) in [5.74, 6) is -0.851. The van der Waals surface area contributed by atoms with E-state index >= 15 is 0 Å². The number of halogens is 4. The Bertz CT molecular complexity index is 403. The highest BCUT2D eigenvalue weighted by Gasteiger charge is 2.26. The summed E-state index contributed by atoms with van der Waals surface area (Å²) in [4.78, 5) is 11.2. The minimum Gasteiger partial charge on any atom is -0.355 e. The summed E-state index contributed by atoms with van der Waals surface area (Å²) in [5, 5.41) is 4.46. The molecule has 1 aromatic rings. The van der Waals surface area contributed by atoms with Crippen molar-refractivity contribution in [1.82, 2.24) is 10.6 Å². The molecule has 19 heavy (non-hydrogen) atoms. The first-order chi connectivity index (χ1) is 8.87. The average molecular weight is 278 g/mol. The van der Waals surface area contributed by atoms with Crippen LogP contribution in [0.5, 0.6) is 0 Å². The molecule has 1 aromatic carbocycles. The molecule has 0 aromatic heterocycles. The molecule has 0 atom stereocenters. The second-order valence-electron chi connectivity index (χ2n) is 3.95. The van der Waals surface area contributed by atoms with Crippen molar-refractivity contribution in [3.63, 3.8) is 0 Å². The summed E-state index contributed by atoms with van der Waals surface area (Å²) in [6.07, 6.45) is -3.83. The maximum Gasteiger partial charge on any atom is 0.401 e. The Labute approximate surface area is 108 Å². The molecule has 2 N–H and O–H groups in total. The van der Waals surface area contributed by atoms with Gasteiger partial charge in [0.15, 0.2) is 0 Å². The van der Waals surface area contributed by atoms with Gasteiger partial charge in [0.2, 0.25) is 5.91 Å². The zero-order chi connectivity index (χ0) is 14.3. The van der Waals surface area contributed by atoms with Crippen LogP contribution < -0.4 is 10.6 Å². The minimum atomic E-state index is -4.33. The van der Waals surface area contributed by atoms with Crippen molar-refractivity contribution in [2.24, 2.45) is 0 Å². The molecular formula is C12H14F4N2O. The smallest absolute Gasteiger partial charge is 0.355 e. The highest BCUT2D eigenvalue weighted by molar-refractivity contribution is 5.77. The average Bonchev–Trinajstić information content (AvgIpc) is 2.30. The summed E-state index contributed by atoms with van der Waals surface area (Å²) in [5.41, 5.74) is 0.838. The van der Waals surface area contributed by atoms with Gasteiger partial charge in [-0.2, -0.15) is 13.2 Å². The van der Waals surface area contributed by atoms with E-state index in [4.69, 9.17) is 0 Å². The molecule has 0 spiro atoms. The van der Waals surface area contributed by atoms with Crippen molar-refractivity contribution >= 4 is 5.91 Å². The molecule has 0 aliphatic heterocycles. The van der Waals surface area contributed by atoms with Gasteiger partial charge in [0, 0.05) is 6.54 Å². The third-order valence-electron chi connectivity index (χ3n) is 2.26. The number of alkyl halides is 3. The minimum absolute atomic E-state index is 0.290. The van der Waals surface area contributed by atoms with Crippen molar-refractivity contribution in [2.45, 2.75) is 12.6 Å². The lowest BCUT2D eigenvalue weighted by molar-refractivity contribution is -0.128. The quantitative estimate of drug-likeness (QED) is 0.777. The lowest BCUT2D eigenvalue weighted by atomic mass is 10.1. The summed E-state index contributed by atoms with van der Waals surface area (Å²) >= 11 is 0. The maximum atomic E-state index is 12.6. The summed E-state index contributed by atoms with van der Waals surface area (Å²) in [6.45, 7) is -1.29. The Kier molecular flexibility index (Phi) is 5.75. The topological polar surface area (TPSA) is 41.1 Å². The molecule has 7 heteroatoms. The Hall–Kier alpha value is -1.63. The van der Waals surface area contributed by atoms with Crippen LogP contribution in [0.2, 0.25) is 0 Å². The fourth-order valence-electron chi connectivity index (χ4n) is 1.38. The monoisotopic (exact) mass is 278 g/mol. The van der Waals surface area contributed by atoms with E-state index in [0.717, 1.165) is 5.56 Å². The number of hydrogen-bond donors (Lipinski definition) is 2. The van der Waals surface area contributed by atoms with E-state index in [-0.39, 0.29) is 18.9 Å². The summed E-state index contributed by atoms with van der Waals surface area (Å²) in [7, 11) is 0. The number of carbonyl (C=O) groups is 1. The van der Waals surface area contributed by atoms with E-state index in [2.05, 4.69) is 5.32 Å². The lowest BCUT2D eigenvalue weighted by Gasteiger charge is -2.08. The first-order valence-electron chi connectivity index (χ1n) is 5.65. The Morgan fingerprint density at radius 2 is 1.79 bits per heavy atom. The van der Waals surface area contributed by atoms with Crippen molar-refractivity contribution < 1.29 is 22.4 Å². The second kappa shape index (κ2) is 7.08. The molecule has 0 heterocycles. The molecule has 1 rings (SSSR count). The Morgan fingerprint density at radius 3 is 2.37 bits per heavy atom. The number of nitrogens with one attached hydrogen (secondary N) is 2. The van der Waals surface area contributed by atoms with Crippen molar-refractivity contribution in [3.05, 3.63) is 35.6 Å². The molecule has 0 unspecified atom stereocenters. The molecule has 0 aliphatic carbocycles. The standard InChI is InChI=1S/C12H14F4N2O/c13-10-3-1-9(2-4-10)5-6-18-11(19)7-17-8-12(14,15)16/h1-4,17H,5-8H2,(H,18,19). The molecule has 1 amide bonds. The fraction of sp³-hybridized carbons (Fsp3) is 0.417. The summed E-state index contributed by atoms with van der Waals surface area (Å²) < 4.78 is 48.0. The van der Waals surface area contributed by atoms with Gasteiger partial charge < -0.3 is 10.6 Å². The first kappa shape index (κ1) is 15.4. The van der Waals surface area contributed by atoms with E-state index in [9.17, 15) is 22.4 Å². The molecule has 0 fully saturated rings. The van der Waals surface area contributed by atoms with Crippen LogP contribution in [0.3, 0.4) is 0 Å². The molecule has 0 bridgehead atoms. The number of amides is 1. The van der Waals surface area contributed by atoms with Gasteiger partial charge >= 0.3 is 6.18 Å². The number of carbonyl (C=O) groups excluding carboxylic acids is 1. The molecule has 0 radical (unpaired) electrons. The Morgan fingerprint density at radius 1 is 1.16 bits per heavy atom. The van der Waals surface area contributed by atoms with Crippen LogP contribution in [-0.2, 0) is 11.2 Å². The number of benzene rings is 1. The van der Waals surface area contributed by atoms with Crippen molar-refractivity contribution in [2.75, 3.05) is 19.6 Å². The largest absolute Gasteiger partial charge is 0.401 e. The van der Waals surface area contributed by atoms with Crippen LogP contribution in [0.1, 0.15) is 5.56 Å². The molecule has 106 valence electrons. The third-order valence-corrected chi connectivity index (χ3v) is 2.26. The van der Waals surface area contributed by atoms with E-state index in [1.54, 1.807) is 12.1 Å². The highest BCUT2D eigenvalue weighted by atomic mass is 19.4. The van der Waals surface area contributed by atoms with Crippen LogP contribution in [0.15, 0.2) is 24.3 Å². The van der Waals surface area contributed by atoms with Gasteiger partial charge in [-0.15, -0.1) is 0 Å². The van der Waals surface area contributed by atoms with Gasteiger partial charge in [0.25, 0.3) is 0 Å².